The summed E-state index contributed by atoms with van der Waals surface area (Å²) in [7, 11) is 0. The van der Waals surface area contributed by atoms with Gasteiger partial charge in [0, 0.05) is 30.9 Å². The molecule has 2 aromatic rings. The van der Waals surface area contributed by atoms with Crippen molar-refractivity contribution in [1.82, 2.24) is 20.4 Å². The van der Waals surface area contributed by atoms with E-state index in [4.69, 9.17) is 0 Å². The lowest BCUT2D eigenvalue weighted by molar-refractivity contribution is 0.0944. The second kappa shape index (κ2) is 4.91. The monoisotopic (exact) mass is 300 g/mol. The molecule has 1 aromatic carbocycles. The molecule has 1 aliphatic heterocycles. The highest BCUT2D eigenvalue weighted by atomic mass is 19.1. The Morgan fingerprint density at radius 1 is 1.55 bits per heavy atom. The summed E-state index contributed by atoms with van der Waals surface area (Å²) in [6, 6.07) is 5.95. The van der Waals surface area contributed by atoms with E-state index < -0.39 is 5.82 Å². The van der Waals surface area contributed by atoms with Gasteiger partial charge in [0.15, 0.2) is 0 Å². The molecule has 0 bridgehead atoms. The van der Waals surface area contributed by atoms with Crippen LogP contribution in [0.2, 0.25) is 0 Å². The summed E-state index contributed by atoms with van der Waals surface area (Å²) in [5, 5.41) is 10.4. The van der Waals surface area contributed by atoms with Gasteiger partial charge in [0.1, 0.15) is 5.82 Å². The normalized spacial score (nSPS) is 25.8. The number of hydrogen-bond acceptors (Lipinski definition) is 3. The highest BCUT2D eigenvalue weighted by Gasteiger charge is 2.56. The maximum atomic E-state index is 13.6. The minimum Gasteiger partial charge on any atom is -0.351 e. The van der Waals surface area contributed by atoms with E-state index in [1.807, 2.05) is 0 Å². The van der Waals surface area contributed by atoms with Gasteiger partial charge in [-0.15, -0.1) is 0 Å². The van der Waals surface area contributed by atoms with E-state index in [1.165, 1.54) is 12.1 Å². The van der Waals surface area contributed by atoms with Crippen molar-refractivity contribution in [2.24, 2.45) is 11.3 Å². The molecular formula is C16H17FN4O. The van der Waals surface area contributed by atoms with Crippen LogP contribution < -0.4 is 10.6 Å². The SMILES string of the molecule is O=C(NC[C@]12CNC[C@H]1C2)c1cc(F)ccc1-n1cccn1. The molecular weight excluding hydrogens is 283 g/mol. The standard InChI is InChI=1S/C16H17FN4O/c17-12-2-3-14(21-5-1-4-20-21)13(6-12)15(22)19-10-16-7-11(16)8-18-9-16/h1-6,11,18H,7-10H2,(H,19,22)/t11-,16+/m1/s1. The van der Waals surface area contributed by atoms with Crippen LogP contribution in [0.5, 0.6) is 0 Å². The number of hydrogen-bond donors (Lipinski definition) is 2. The van der Waals surface area contributed by atoms with E-state index >= 15 is 0 Å². The Hall–Kier alpha value is -2.21. The van der Waals surface area contributed by atoms with Crippen LogP contribution in [0.1, 0.15) is 16.8 Å². The number of halogens is 1. The van der Waals surface area contributed by atoms with Gasteiger partial charge in [0.05, 0.1) is 11.3 Å². The van der Waals surface area contributed by atoms with Crippen LogP contribution in [0.3, 0.4) is 0 Å². The van der Waals surface area contributed by atoms with Gasteiger partial charge in [-0.1, -0.05) is 0 Å². The number of fused-ring (bicyclic) bond motifs is 1. The first-order chi connectivity index (χ1) is 10.7. The zero-order chi connectivity index (χ0) is 15.2. The van der Waals surface area contributed by atoms with Gasteiger partial charge in [-0.25, -0.2) is 9.07 Å². The fraction of sp³-hybridized carbons (Fsp3) is 0.375. The smallest absolute Gasteiger partial charge is 0.253 e. The van der Waals surface area contributed by atoms with Crippen LogP contribution in [0.4, 0.5) is 4.39 Å². The number of piperidine rings is 1. The lowest BCUT2D eigenvalue weighted by atomic mass is 10.1. The van der Waals surface area contributed by atoms with Crippen molar-refractivity contribution in [3.05, 3.63) is 48.0 Å². The van der Waals surface area contributed by atoms with Gasteiger partial charge >= 0.3 is 0 Å². The van der Waals surface area contributed by atoms with Crippen LogP contribution in [0.15, 0.2) is 36.7 Å². The van der Waals surface area contributed by atoms with Crippen molar-refractivity contribution in [2.45, 2.75) is 6.42 Å². The van der Waals surface area contributed by atoms with Crippen molar-refractivity contribution in [2.75, 3.05) is 19.6 Å². The molecule has 6 heteroatoms. The van der Waals surface area contributed by atoms with Crippen molar-refractivity contribution >= 4 is 5.91 Å². The predicted octanol–water partition coefficient (Wildman–Crippen LogP) is 1.35. The second-order valence-electron chi connectivity index (χ2n) is 6.19. The molecule has 2 aliphatic rings. The molecule has 0 radical (unpaired) electrons. The molecule has 4 rings (SSSR count). The third-order valence-corrected chi connectivity index (χ3v) is 4.78. The first kappa shape index (κ1) is 13.5. The van der Waals surface area contributed by atoms with Crippen LogP contribution >= 0.6 is 0 Å². The predicted molar refractivity (Wildman–Crippen MR) is 79.3 cm³/mol. The number of aromatic nitrogens is 2. The van der Waals surface area contributed by atoms with E-state index in [0.717, 1.165) is 19.5 Å². The van der Waals surface area contributed by atoms with E-state index in [0.29, 0.717) is 23.7 Å². The van der Waals surface area contributed by atoms with E-state index in [1.54, 1.807) is 29.2 Å². The minimum absolute atomic E-state index is 0.217. The molecule has 1 saturated carbocycles. The summed E-state index contributed by atoms with van der Waals surface area (Å²) in [5.41, 5.74) is 1.11. The maximum Gasteiger partial charge on any atom is 0.253 e. The lowest BCUT2D eigenvalue weighted by Crippen LogP contribution is -2.33. The quantitative estimate of drug-likeness (QED) is 0.896. The summed E-state index contributed by atoms with van der Waals surface area (Å²) in [6.07, 6.45) is 4.53. The molecule has 2 heterocycles. The molecule has 1 aromatic heterocycles. The minimum atomic E-state index is -0.425. The van der Waals surface area contributed by atoms with Gasteiger partial charge in [0.2, 0.25) is 0 Å². The van der Waals surface area contributed by atoms with Crippen molar-refractivity contribution < 1.29 is 9.18 Å². The summed E-state index contributed by atoms with van der Waals surface area (Å²) >= 11 is 0. The summed E-state index contributed by atoms with van der Waals surface area (Å²) in [5.74, 6) is -0.00567. The van der Waals surface area contributed by atoms with E-state index in [2.05, 4.69) is 15.7 Å². The highest BCUT2D eigenvalue weighted by Crippen LogP contribution is 2.54. The van der Waals surface area contributed by atoms with Crippen molar-refractivity contribution in [3.63, 3.8) is 0 Å². The van der Waals surface area contributed by atoms with Crippen LogP contribution in [-0.4, -0.2) is 35.3 Å². The maximum absolute atomic E-state index is 13.6. The second-order valence-corrected chi connectivity index (χ2v) is 6.19. The number of rotatable bonds is 4. The van der Waals surface area contributed by atoms with Crippen molar-refractivity contribution in [1.29, 1.82) is 0 Å². The molecule has 2 fully saturated rings. The van der Waals surface area contributed by atoms with Crippen LogP contribution in [0.25, 0.3) is 5.69 Å². The molecule has 22 heavy (non-hydrogen) atoms. The van der Waals surface area contributed by atoms with E-state index in [9.17, 15) is 9.18 Å². The number of nitrogens with one attached hydrogen (secondary N) is 2. The molecule has 0 unspecified atom stereocenters. The van der Waals surface area contributed by atoms with Gasteiger partial charge in [-0.3, -0.25) is 4.79 Å². The largest absolute Gasteiger partial charge is 0.351 e. The Bertz CT molecular complexity index is 715. The van der Waals surface area contributed by atoms with E-state index in [-0.39, 0.29) is 11.3 Å². The zero-order valence-corrected chi connectivity index (χ0v) is 12.1. The first-order valence-corrected chi connectivity index (χ1v) is 7.46. The third kappa shape index (κ3) is 2.20. The molecule has 5 nitrogen and oxygen atoms in total. The number of carbonyl (C=O) groups is 1. The van der Waals surface area contributed by atoms with Gasteiger partial charge in [-0.05, 0) is 43.1 Å². The zero-order valence-electron chi connectivity index (χ0n) is 12.1. The Morgan fingerprint density at radius 2 is 2.45 bits per heavy atom. The Kier molecular flexibility index (Phi) is 3.00. The van der Waals surface area contributed by atoms with Crippen LogP contribution in [0, 0.1) is 17.2 Å². The molecule has 1 aliphatic carbocycles. The summed E-state index contributed by atoms with van der Waals surface area (Å²) in [4.78, 5) is 12.5. The highest BCUT2D eigenvalue weighted by molar-refractivity contribution is 5.97. The van der Waals surface area contributed by atoms with Crippen molar-refractivity contribution in [3.8, 4) is 5.69 Å². The number of amides is 1. The molecule has 114 valence electrons. The molecule has 1 saturated heterocycles. The Labute approximate surface area is 127 Å². The average Bonchev–Trinajstić information content (AvgIpc) is 2.92. The first-order valence-electron chi connectivity index (χ1n) is 7.46. The third-order valence-electron chi connectivity index (χ3n) is 4.78. The Morgan fingerprint density at radius 3 is 3.14 bits per heavy atom. The fourth-order valence-corrected chi connectivity index (χ4v) is 3.36. The molecule has 1 amide bonds. The van der Waals surface area contributed by atoms with Gasteiger partial charge in [-0.2, -0.15) is 5.10 Å². The molecule has 2 atom stereocenters. The Balaban J connectivity index is 1.56. The molecule has 2 N–H and O–H groups in total. The fourth-order valence-electron chi connectivity index (χ4n) is 3.36. The van der Waals surface area contributed by atoms with Crippen LogP contribution in [-0.2, 0) is 0 Å². The number of carbonyl (C=O) groups excluding carboxylic acids is 1. The van der Waals surface area contributed by atoms with Gasteiger partial charge in [0.25, 0.3) is 5.91 Å². The summed E-state index contributed by atoms with van der Waals surface area (Å²) < 4.78 is 15.1. The molecule has 0 spiro atoms. The lowest BCUT2D eigenvalue weighted by Gasteiger charge is -2.15. The summed E-state index contributed by atoms with van der Waals surface area (Å²) in [6.45, 7) is 2.63. The van der Waals surface area contributed by atoms with Gasteiger partial charge < -0.3 is 10.6 Å². The topological polar surface area (TPSA) is 59.0 Å². The number of benzene rings is 1. The average molecular weight is 300 g/mol. The number of nitrogens with zero attached hydrogens (tertiary/aromatic N) is 2.